The number of nitrogens with two attached hydrogens (primary N) is 3. The number of hydrogen-bond acceptors (Lipinski definition) is 7. The van der Waals surface area contributed by atoms with Crippen LogP contribution < -0.4 is 27.2 Å². The van der Waals surface area contributed by atoms with Gasteiger partial charge in [-0.3, -0.25) is 9.91 Å². The molecule has 1 aliphatic rings. The van der Waals surface area contributed by atoms with Crippen molar-refractivity contribution in [1.82, 2.24) is 9.88 Å². The van der Waals surface area contributed by atoms with Gasteiger partial charge in [0, 0.05) is 18.3 Å². The number of pyridine rings is 1. The largest absolute Gasteiger partial charge is 0.489 e. The minimum atomic E-state index is -1.25. The van der Waals surface area contributed by atoms with Gasteiger partial charge in [0.05, 0.1) is 16.3 Å². The average Bonchev–Trinajstić information content (AvgIpc) is 3.38. The second-order valence-corrected chi connectivity index (χ2v) is 8.62. The third kappa shape index (κ3) is 5.32. The van der Waals surface area contributed by atoms with E-state index in [4.69, 9.17) is 33.8 Å². The zero-order valence-electron chi connectivity index (χ0n) is 19.2. The third-order valence-corrected chi connectivity index (χ3v) is 6.20. The molecular formula is C24H25ClF3N7O. The van der Waals surface area contributed by atoms with E-state index in [1.54, 1.807) is 0 Å². The van der Waals surface area contributed by atoms with Crippen LogP contribution in [0.25, 0.3) is 11.1 Å². The maximum Gasteiger partial charge on any atom is 0.202 e. The van der Waals surface area contributed by atoms with E-state index >= 15 is 4.39 Å². The molecule has 36 heavy (non-hydrogen) atoms. The van der Waals surface area contributed by atoms with E-state index in [2.05, 4.69) is 15.0 Å². The molecule has 0 aliphatic carbocycles. The number of amidine groups is 1. The fraction of sp³-hybridized carbons (Fsp3) is 0.250. The van der Waals surface area contributed by atoms with Gasteiger partial charge in [0.2, 0.25) is 5.82 Å². The summed E-state index contributed by atoms with van der Waals surface area (Å²) in [6.07, 6.45) is 3.68. The summed E-state index contributed by atoms with van der Waals surface area (Å²) >= 11 is 5.88. The van der Waals surface area contributed by atoms with Crippen molar-refractivity contribution >= 4 is 28.9 Å². The average molecular weight is 520 g/mol. The molecule has 0 spiro atoms. The Bertz CT molecular complexity index is 1280. The molecule has 1 saturated heterocycles. The molecule has 1 fully saturated rings. The van der Waals surface area contributed by atoms with Crippen molar-refractivity contribution in [2.24, 2.45) is 16.8 Å². The summed E-state index contributed by atoms with van der Waals surface area (Å²) in [6, 6.07) is 8.17. The molecule has 0 unspecified atom stereocenters. The molecule has 3 aromatic rings. The quantitative estimate of drug-likeness (QED) is 0.187. The van der Waals surface area contributed by atoms with E-state index in [-0.39, 0.29) is 40.3 Å². The Morgan fingerprint density at radius 1 is 1.08 bits per heavy atom. The standard InChI is InChI=1S/C24H25ClF3N7O/c25-17-12-14(3-4-18(17)26)15-11-16(23(29)32-13-15)24(33-30)35(31)19-5-6-20(22(28)21(19)27)36-10-9-34-7-1-2-8-34/h3-6,11-13H,1-2,7-10,30-31H2,(H2,29,32)/b33-24-. The number of ether oxygens (including phenoxy) is 1. The molecule has 2 aromatic carbocycles. The van der Waals surface area contributed by atoms with Gasteiger partial charge in [-0.1, -0.05) is 17.7 Å². The molecule has 1 aliphatic heterocycles. The molecule has 0 radical (unpaired) electrons. The Labute approximate surface area is 211 Å². The van der Waals surface area contributed by atoms with Crippen LogP contribution in [-0.4, -0.2) is 42.0 Å². The van der Waals surface area contributed by atoms with Crippen LogP contribution in [0.3, 0.4) is 0 Å². The molecule has 6 N–H and O–H groups in total. The Balaban J connectivity index is 1.58. The highest BCUT2D eigenvalue weighted by atomic mass is 35.5. The van der Waals surface area contributed by atoms with Crippen LogP contribution in [0.5, 0.6) is 5.75 Å². The molecule has 0 bridgehead atoms. The number of rotatable bonds is 7. The molecule has 8 nitrogen and oxygen atoms in total. The van der Waals surface area contributed by atoms with Gasteiger partial charge in [-0.15, -0.1) is 0 Å². The Morgan fingerprint density at radius 3 is 2.53 bits per heavy atom. The Kier molecular flexibility index (Phi) is 7.82. The van der Waals surface area contributed by atoms with Crippen LogP contribution in [0.15, 0.2) is 47.7 Å². The number of aromatic nitrogens is 1. The molecule has 2 heterocycles. The van der Waals surface area contributed by atoms with Gasteiger partial charge < -0.3 is 16.3 Å². The van der Waals surface area contributed by atoms with Crippen LogP contribution in [0, 0.1) is 17.5 Å². The van der Waals surface area contributed by atoms with Gasteiger partial charge in [-0.05, 0) is 61.8 Å². The zero-order valence-corrected chi connectivity index (χ0v) is 20.0. The maximum absolute atomic E-state index is 15.0. The van der Waals surface area contributed by atoms with Crippen molar-refractivity contribution in [1.29, 1.82) is 0 Å². The molecule has 0 amide bonds. The predicted octanol–water partition coefficient (Wildman–Crippen LogP) is 3.88. The van der Waals surface area contributed by atoms with Crippen LogP contribution in [-0.2, 0) is 0 Å². The van der Waals surface area contributed by atoms with Crippen molar-refractivity contribution in [3.05, 3.63) is 70.6 Å². The number of hydrogen-bond donors (Lipinski definition) is 3. The molecule has 12 heteroatoms. The fourth-order valence-corrected chi connectivity index (χ4v) is 4.15. The molecule has 190 valence electrons. The number of benzene rings is 2. The topological polar surface area (TPSA) is 119 Å². The normalized spacial score (nSPS) is 14.3. The number of hydrazone groups is 1. The van der Waals surface area contributed by atoms with E-state index in [1.165, 1.54) is 42.6 Å². The lowest BCUT2D eigenvalue weighted by molar-refractivity contribution is 0.229. The first-order chi connectivity index (χ1) is 17.3. The highest BCUT2D eigenvalue weighted by molar-refractivity contribution is 6.31. The lowest BCUT2D eigenvalue weighted by Crippen LogP contribution is -2.40. The zero-order chi connectivity index (χ0) is 25.8. The van der Waals surface area contributed by atoms with Crippen molar-refractivity contribution in [2.45, 2.75) is 12.8 Å². The second kappa shape index (κ2) is 11.0. The van der Waals surface area contributed by atoms with Crippen molar-refractivity contribution in [2.75, 3.05) is 37.0 Å². The first-order valence-corrected chi connectivity index (χ1v) is 11.5. The Morgan fingerprint density at radius 2 is 1.83 bits per heavy atom. The van der Waals surface area contributed by atoms with Crippen LogP contribution >= 0.6 is 11.6 Å². The van der Waals surface area contributed by atoms with Gasteiger partial charge >= 0.3 is 0 Å². The summed E-state index contributed by atoms with van der Waals surface area (Å²) < 4.78 is 48.8. The molecule has 0 saturated carbocycles. The number of nitrogen functional groups attached to an aromatic ring is 1. The predicted molar refractivity (Wildman–Crippen MR) is 134 cm³/mol. The first kappa shape index (κ1) is 25.5. The fourth-order valence-electron chi connectivity index (χ4n) is 3.97. The smallest absolute Gasteiger partial charge is 0.202 e. The maximum atomic E-state index is 15.0. The van der Waals surface area contributed by atoms with Crippen molar-refractivity contribution in [3.8, 4) is 16.9 Å². The summed E-state index contributed by atoms with van der Waals surface area (Å²) in [5, 5.41) is 4.32. The number of nitrogens with zero attached hydrogens (tertiary/aromatic N) is 4. The van der Waals surface area contributed by atoms with Gasteiger partial charge in [-0.25, -0.2) is 19.6 Å². The monoisotopic (exact) mass is 519 g/mol. The highest BCUT2D eigenvalue weighted by Gasteiger charge is 2.24. The molecule has 4 rings (SSSR count). The summed E-state index contributed by atoms with van der Waals surface area (Å²) in [6.45, 7) is 2.78. The number of halogens is 4. The van der Waals surface area contributed by atoms with Gasteiger partial charge in [0.15, 0.2) is 17.4 Å². The minimum absolute atomic E-state index is 0.0191. The van der Waals surface area contributed by atoms with E-state index in [0.717, 1.165) is 30.9 Å². The van der Waals surface area contributed by atoms with Gasteiger partial charge in [0.1, 0.15) is 18.2 Å². The van der Waals surface area contributed by atoms with E-state index in [0.29, 0.717) is 17.7 Å². The second-order valence-electron chi connectivity index (χ2n) is 8.22. The number of likely N-dealkylation sites (tertiary alicyclic amines) is 1. The molecule has 0 atom stereocenters. The minimum Gasteiger partial charge on any atom is -0.489 e. The van der Waals surface area contributed by atoms with Crippen LogP contribution in [0.1, 0.15) is 18.4 Å². The van der Waals surface area contributed by atoms with Crippen molar-refractivity contribution < 1.29 is 17.9 Å². The van der Waals surface area contributed by atoms with Crippen molar-refractivity contribution in [3.63, 3.8) is 0 Å². The third-order valence-electron chi connectivity index (χ3n) is 5.91. The van der Waals surface area contributed by atoms with E-state index in [1.807, 2.05) is 0 Å². The van der Waals surface area contributed by atoms with E-state index < -0.39 is 17.5 Å². The molecule has 1 aromatic heterocycles. The number of hydrazine groups is 1. The SMILES string of the molecule is N/N=C(/c1cc(-c2ccc(F)c(Cl)c2)cnc1N)N(N)c1ccc(OCCN2CCCC2)c(F)c1F. The van der Waals surface area contributed by atoms with Crippen LogP contribution in [0.2, 0.25) is 5.02 Å². The summed E-state index contributed by atoms with van der Waals surface area (Å²) in [7, 11) is 0. The highest BCUT2D eigenvalue weighted by Crippen LogP contribution is 2.30. The first-order valence-electron chi connectivity index (χ1n) is 11.2. The summed E-state index contributed by atoms with van der Waals surface area (Å²) in [4.78, 5) is 6.30. The lowest BCUT2D eigenvalue weighted by atomic mass is 10.0. The molecular weight excluding hydrogens is 495 g/mol. The summed E-state index contributed by atoms with van der Waals surface area (Å²) in [5.41, 5.74) is 6.82. The van der Waals surface area contributed by atoms with Crippen LogP contribution in [0.4, 0.5) is 24.7 Å². The lowest BCUT2D eigenvalue weighted by Gasteiger charge is -2.22. The van der Waals surface area contributed by atoms with Gasteiger partial charge in [0.25, 0.3) is 0 Å². The van der Waals surface area contributed by atoms with E-state index in [9.17, 15) is 8.78 Å². The summed E-state index contributed by atoms with van der Waals surface area (Å²) in [5.74, 6) is 8.20. The number of anilines is 2. The van der Waals surface area contributed by atoms with Gasteiger partial charge in [-0.2, -0.15) is 9.49 Å². The Hall–Kier alpha value is -3.54.